The van der Waals surface area contributed by atoms with Crippen LogP contribution in [0.5, 0.6) is 0 Å². The molecule has 2 heterocycles. The summed E-state index contributed by atoms with van der Waals surface area (Å²) in [5.74, 6) is 1.66. The molecule has 0 bridgehead atoms. The minimum absolute atomic E-state index is 0.0479. The van der Waals surface area contributed by atoms with Gasteiger partial charge in [-0.2, -0.15) is 0 Å². The fourth-order valence-electron chi connectivity index (χ4n) is 3.90. The maximum Gasteiger partial charge on any atom is 0.317 e. The van der Waals surface area contributed by atoms with Crippen LogP contribution < -0.4 is 5.32 Å². The number of carbonyl (C=O) groups is 1. The summed E-state index contributed by atoms with van der Waals surface area (Å²) in [4.78, 5) is 14.3. The number of amides is 2. The maximum atomic E-state index is 12.5. The summed E-state index contributed by atoms with van der Waals surface area (Å²) >= 11 is 0. The van der Waals surface area contributed by atoms with E-state index in [4.69, 9.17) is 9.15 Å². The predicted octanol–water partition coefficient (Wildman–Crippen LogP) is 2.94. The molecule has 5 heteroatoms. The molecule has 1 atom stereocenters. The largest absolute Gasteiger partial charge is 0.467 e. The third kappa shape index (κ3) is 2.62. The van der Waals surface area contributed by atoms with E-state index in [1.165, 1.54) is 32.1 Å². The van der Waals surface area contributed by atoms with E-state index in [9.17, 15) is 4.79 Å². The molecule has 2 saturated carbocycles. The van der Waals surface area contributed by atoms with Crippen LogP contribution in [0.25, 0.3) is 0 Å². The van der Waals surface area contributed by atoms with Gasteiger partial charge in [0, 0.05) is 13.1 Å². The van der Waals surface area contributed by atoms with Crippen molar-refractivity contribution in [3.8, 4) is 0 Å². The lowest BCUT2D eigenvalue weighted by Crippen LogP contribution is -2.51. The summed E-state index contributed by atoms with van der Waals surface area (Å²) in [5, 5.41) is 3.18. The predicted molar refractivity (Wildman–Crippen MR) is 81.4 cm³/mol. The molecule has 2 aliphatic carbocycles. The monoisotopic (exact) mass is 304 g/mol. The third-order valence-corrected chi connectivity index (χ3v) is 5.60. The first-order valence-electron chi connectivity index (χ1n) is 8.45. The lowest BCUT2D eigenvalue weighted by Gasteiger charge is -2.43. The SMILES string of the molecule is O=C(NCC1(C2CC2)CCC1)N1CCO[C@H](c2ccco2)C1. The molecule has 3 aliphatic rings. The van der Waals surface area contributed by atoms with Crippen molar-refractivity contribution >= 4 is 6.03 Å². The molecule has 1 aromatic rings. The Morgan fingerprint density at radius 2 is 2.27 bits per heavy atom. The average molecular weight is 304 g/mol. The quantitative estimate of drug-likeness (QED) is 0.930. The number of carbonyl (C=O) groups excluding carboxylic acids is 1. The van der Waals surface area contributed by atoms with Crippen LogP contribution >= 0.6 is 0 Å². The fraction of sp³-hybridized carbons (Fsp3) is 0.706. The van der Waals surface area contributed by atoms with E-state index >= 15 is 0 Å². The molecule has 2 amide bonds. The zero-order valence-corrected chi connectivity index (χ0v) is 12.9. The van der Waals surface area contributed by atoms with Crippen LogP contribution in [-0.4, -0.2) is 37.2 Å². The summed E-state index contributed by atoms with van der Waals surface area (Å²) in [6.45, 7) is 2.63. The summed E-state index contributed by atoms with van der Waals surface area (Å²) in [7, 11) is 0. The normalized spacial score (nSPS) is 27.3. The fourth-order valence-corrected chi connectivity index (χ4v) is 3.90. The molecule has 1 aromatic heterocycles. The highest BCUT2D eigenvalue weighted by atomic mass is 16.5. The maximum absolute atomic E-state index is 12.5. The van der Waals surface area contributed by atoms with Crippen molar-refractivity contribution in [2.45, 2.75) is 38.2 Å². The lowest BCUT2D eigenvalue weighted by atomic mass is 9.65. The van der Waals surface area contributed by atoms with Crippen LogP contribution in [0.4, 0.5) is 4.79 Å². The highest BCUT2D eigenvalue weighted by molar-refractivity contribution is 5.74. The van der Waals surface area contributed by atoms with E-state index in [0.717, 1.165) is 18.2 Å². The molecule has 120 valence electrons. The number of ether oxygens (including phenoxy) is 1. The van der Waals surface area contributed by atoms with E-state index in [0.29, 0.717) is 25.1 Å². The highest BCUT2D eigenvalue weighted by Crippen LogP contribution is 2.56. The molecular formula is C17H24N2O3. The Bertz CT molecular complexity index is 520. The van der Waals surface area contributed by atoms with Crippen molar-refractivity contribution in [3.05, 3.63) is 24.2 Å². The molecule has 1 saturated heterocycles. The molecule has 0 unspecified atom stereocenters. The Morgan fingerprint density at radius 1 is 1.41 bits per heavy atom. The Kier molecular flexibility index (Phi) is 3.60. The first-order valence-corrected chi connectivity index (χ1v) is 8.45. The molecule has 0 spiro atoms. The Morgan fingerprint density at radius 3 is 2.91 bits per heavy atom. The van der Waals surface area contributed by atoms with Crippen LogP contribution in [0.3, 0.4) is 0 Å². The van der Waals surface area contributed by atoms with E-state index in [2.05, 4.69) is 5.32 Å². The Labute approximate surface area is 131 Å². The minimum Gasteiger partial charge on any atom is -0.467 e. The number of hydrogen-bond donors (Lipinski definition) is 1. The molecule has 5 nitrogen and oxygen atoms in total. The van der Waals surface area contributed by atoms with Crippen LogP contribution in [0.15, 0.2) is 22.8 Å². The summed E-state index contributed by atoms with van der Waals surface area (Å²) < 4.78 is 11.1. The number of morpholine rings is 1. The molecule has 0 radical (unpaired) electrons. The molecule has 0 aromatic carbocycles. The van der Waals surface area contributed by atoms with Crippen molar-refractivity contribution in [2.75, 3.05) is 26.2 Å². The first-order chi connectivity index (χ1) is 10.8. The number of nitrogens with zero attached hydrogens (tertiary/aromatic N) is 1. The third-order valence-electron chi connectivity index (χ3n) is 5.60. The molecule has 22 heavy (non-hydrogen) atoms. The minimum atomic E-state index is -0.143. The van der Waals surface area contributed by atoms with Gasteiger partial charge in [0.1, 0.15) is 11.9 Å². The topological polar surface area (TPSA) is 54.7 Å². The standard InChI is InChI=1S/C17H24N2O3/c20-16(18-12-17(6-2-7-17)13-4-5-13)19-8-10-22-15(11-19)14-3-1-9-21-14/h1,3,9,13,15H,2,4-8,10-12H2,(H,18,20)/t15-/m0/s1. The van der Waals surface area contributed by atoms with Crippen molar-refractivity contribution < 1.29 is 13.9 Å². The van der Waals surface area contributed by atoms with Gasteiger partial charge in [-0.25, -0.2) is 4.79 Å². The van der Waals surface area contributed by atoms with Gasteiger partial charge in [0.25, 0.3) is 0 Å². The van der Waals surface area contributed by atoms with Crippen LogP contribution in [0.2, 0.25) is 0 Å². The summed E-state index contributed by atoms with van der Waals surface area (Å²) in [6, 6.07) is 3.81. The molecule has 1 aliphatic heterocycles. The zero-order chi connectivity index (χ0) is 15.0. The number of rotatable bonds is 4. The van der Waals surface area contributed by atoms with Crippen molar-refractivity contribution in [3.63, 3.8) is 0 Å². The average Bonchev–Trinajstić information content (AvgIpc) is 3.20. The molecule has 3 fully saturated rings. The summed E-state index contributed by atoms with van der Waals surface area (Å²) in [5.41, 5.74) is 0.419. The van der Waals surface area contributed by atoms with E-state index in [1.54, 1.807) is 6.26 Å². The van der Waals surface area contributed by atoms with Gasteiger partial charge < -0.3 is 19.4 Å². The molecular weight excluding hydrogens is 280 g/mol. The highest BCUT2D eigenvalue weighted by Gasteiger charge is 2.49. The molecule has 4 rings (SSSR count). The van der Waals surface area contributed by atoms with E-state index in [-0.39, 0.29) is 12.1 Å². The van der Waals surface area contributed by atoms with Gasteiger partial charge in [0.2, 0.25) is 0 Å². The molecule has 1 N–H and O–H groups in total. The van der Waals surface area contributed by atoms with Crippen LogP contribution in [-0.2, 0) is 4.74 Å². The second-order valence-electron chi connectivity index (χ2n) is 6.97. The van der Waals surface area contributed by atoms with Crippen molar-refractivity contribution in [1.82, 2.24) is 10.2 Å². The lowest BCUT2D eigenvalue weighted by molar-refractivity contribution is -0.0268. The second kappa shape index (κ2) is 5.61. The second-order valence-corrected chi connectivity index (χ2v) is 6.97. The Balaban J connectivity index is 1.32. The summed E-state index contributed by atoms with van der Waals surface area (Å²) in [6.07, 6.45) is 8.11. The van der Waals surface area contributed by atoms with Gasteiger partial charge in [-0.3, -0.25) is 0 Å². The van der Waals surface area contributed by atoms with Gasteiger partial charge in [-0.15, -0.1) is 0 Å². The number of nitrogens with one attached hydrogen (secondary N) is 1. The number of urea groups is 1. The van der Waals surface area contributed by atoms with Gasteiger partial charge in [0.05, 0.1) is 19.4 Å². The number of hydrogen-bond acceptors (Lipinski definition) is 3. The van der Waals surface area contributed by atoms with Gasteiger partial charge >= 0.3 is 6.03 Å². The van der Waals surface area contributed by atoms with E-state index in [1.807, 2.05) is 17.0 Å². The number of furan rings is 1. The van der Waals surface area contributed by atoms with Crippen LogP contribution in [0, 0.1) is 11.3 Å². The van der Waals surface area contributed by atoms with Crippen molar-refractivity contribution in [2.24, 2.45) is 11.3 Å². The zero-order valence-electron chi connectivity index (χ0n) is 12.9. The Hall–Kier alpha value is -1.49. The first kappa shape index (κ1) is 14.1. The van der Waals surface area contributed by atoms with E-state index < -0.39 is 0 Å². The smallest absolute Gasteiger partial charge is 0.317 e. The van der Waals surface area contributed by atoms with Gasteiger partial charge in [-0.05, 0) is 49.1 Å². The van der Waals surface area contributed by atoms with Gasteiger partial charge in [-0.1, -0.05) is 6.42 Å². The van der Waals surface area contributed by atoms with Crippen LogP contribution in [0.1, 0.15) is 44.0 Å². The van der Waals surface area contributed by atoms with Crippen molar-refractivity contribution in [1.29, 1.82) is 0 Å². The van der Waals surface area contributed by atoms with Gasteiger partial charge in [0.15, 0.2) is 0 Å².